The van der Waals surface area contributed by atoms with Gasteiger partial charge in [-0.25, -0.2) is 0 Å². The van der Waals surface area contributed by atoms with E-state index in [1.165, 1.54) is 0 Å². The molecular formula is Cl5CrMg. The second kappa shape index (κ2) is 69.5. The summed E-state index contributed by atoms with van der Waals surface area (Å²) in [4.78, 5) is 0. The van der Waals surface area contributed by atoms with Crippen LogP contribution in [0.15, 0.2) is 0 Å². The van der Waals surface area contributed by atoms with Crippen LogP contribution in [0.1, 0.15) is 0 Å². The average molecular weight is 254 g/mol. The van der Waals surface area contributed by atoms with Crippen LogP contribution < -0.4 is 62.0 Å². The van der Waals surface area contributed by atoms with Gasteiger partial charge in [-0.05, 0) is 0 Å². The summed E-state index contributed by atoms with van der Waals surface area (Å²) in [5.74, 6) is 0. The molecular weight excluding hydrogens is 254 g/mol. The summed E-state index contributed by atoms with van der Waals surface area (Å²) in [5.41, 5.74) is 0. The van der Waals surface area contributed by atoms with Crippen molar-refractivity contribution in [3.05, 3.63) is 0 Å². The standard InChI is InChI=1S/5ClH.Cr.Mg/h5*1H;;/q;;;;;+3;+2/p-5. The van der Waals surface area contributed by atoms with Crippen LogP contribution in [0.3, 0.4) is 0 Å². The molecule has 0 atom stereocenters. The number of hydrogen-bond donors (Lipinski definition) is 0. The van der Waals surface area contributed by atoms with Crippen LogP contribution in [0.25, 0.3) is 0 Å². The first-order chi connectivity index (χ1) is 0. The van der Waals surface area contributed by atoms with Gasteiger partial charge in [-0.2, -0.15) is 0 Å². The summed E-state index contributed by atoms with van der Waals surface area (Å²) in [5, 5.41) is 0. The second-order valence-electron chi connectivity index (χ2n) is 0. The number of hydrogen-bond acceptors (Lipinski definition) is 0. The van der Waals surface area contributed by atoms with Crippen LogP contribution in [0.4, 0.5) is 0 Å². The Bertz CT molecular complexity index is 8.04. The molecule has 0 aromatic carbocycles. The first-order valence-electron chi connectivity index (χ1n) is 0. The first kappa shape index (κ1) is 98.8. The molecule has 0 spiro atoms. The molecule has 0 aromatic heterocycles. The second-order valence-corrected chi connectivity index (χ2v) is 0. The summed E-state index contributed by atoms with van der Waals surface area (Å²) < 4.78 is 0. The van der Waals surface area contributed by atoms with E-state index in [1.54, 1.807) is 0 Å². The molecule has 0 nitrogen and oxygen atoms in total. The van der Waals surface area contributed by atoms with Crippen molar-refractivity contribution in [1.29, 1.82) is 0 Å². The molecule has 1 radical (unpaired) electrons. The van der Waals surface area contributed by atoms with Gasteiger partial charge in [-0.15, -0.1) is 0 Å². The van der Waals surface area contributed by atoms with E-state index < -0.39 is 0 Å². The fourth-order valence-electron chi connectivity index (χ4n) is 0. The first-order valence-corrected chi connectivity index (χ1v) is 0. The largest absolute Gasteiger partial charge is 3.00 e. The summed E-state index contributed by atoms with van der Waals surface area (Å²) in [6, 6.07) is 0. The van der Waals surface area contributed by atoms with Gasteiger partial charge in [0, 0.05) is 0 Å². The third-order valence-electron chi connectivity index (χ3n) is 0. The van der Waals surface area contributed by atoms with Crippen LogP contribution in [-0.4, -0.2) is 23.1 Å². The molecule has 0 saturated carbocycles. The Balaban J connectivity index is 0. The van der Waals surface area contributed by atoms with E-state index in [4.69, 9.17) is 0 Å². The normalized spacial score (nSPS) is 0. The van der Waals surface area contributed by atoms with Crippen molar-refractivity contribution in [3.63, 3.8) is 0 Å². The van der Waals surface area contributed by atoms with Crippen LogP contribution in [0.2, 0.25) is 0 Å². The van der Waals surface area contributed by atoms with Crippen molar-refractivity contribution in [2.24, 2.45) is 0 Å². The minimum atomic E-state index is 0. The fourth-order valence-corrected chi connectivity index (χ4v) is 0. The zero-order valence-corrected chi connectivity index (χ0v) is 9.47. The molecule has 0 rings (SSSR count). The maximum Gasteiger partial charge on any atom is 3.00 e. The van der Waals surface area contributed by atoms with E-state index in [1.807, 2.05) is 0 Å². The zero-order chi connectivity index (χ0) is 0. The van der Waals surface area contributed by atoms with E-state index in [0.717, 1.165) is 0 Å². The molecule has 0 unspecified atom stereocenters. The Morgan fingerprint density at radius 1 is 0.429 bits per heavy atom. The molecule has 0 aliphatic rings. The van der Waals surface area contributed by atoms with Crippen LogP contribution >= 0.6 is 0 Å². The molecule has 0 aliphatic heterocycles. The SMILES string of the molecule is [Cl-].[Cl-].[Cl-].[Cl-].[Cl-].[Cr+3].[Mg+2]. The molecule has 0 bridgehead atoms. The van der Waals surface area contributed by atoms with Gasteiger partial charge >= 0.3 is 40.4 Å². The maximum atomic E-state index is 0. The van der Waals surface area contributed by atoms with Crippen molar-refractivity contribution in [2.45, 2.75) is 0 Å². The fraction of sp³-hybridized carbons (Fsp3) is 0. The number of rotatable bonds is 0. The van der Waals surface area contributed by atoms with Gasteiger partial charge in [-0.3, -0.25) is 0 Å². The zero-order valence-electron chi connectivity index (χ0n) is 3.01. The third kappa shape index (κ3) is 52.7. The van der Waals surface area contributed by atoms with E-state index >= 15 is 0 Å². The van der Waals surface area contributed by atoms with Gasteiger partial charge in [0.1, 0.15) is 0 Å². The molecule has 0 aliphatic carbocycles. The Hall–Kier alpha value is 2.75. The van der Waals surface area contributed by atoms with Gasteiger partial charge in [-0.1, -0.05) is 0 Å². The molecule has 0 N–H and O–H groups in total. The predicted octanol–water partition coefficient (Wildman–Crippen LogP) is -15.4. The summed E-state index contributed by atoms with van der Waals surface area (Å²) >= 11 is 0. The van der Waals surface area contributed by atoms with Crippen molar-refractivity contribution < 1.29 is 79.4 Å². The van der Waals surface area contributed by atoms with E-state index in [-0.39, 0.29) is 102 Å². The van der Waals surface area contributed by atoms with Gasteiger partial charge in [0.15, 0.2) is 0 Å². The quantitative estimate of drug-likeness (QED) is 0.376. The topological polar surface area (TPSA) is 0 Å². The van der Waals surface area contributed by atoms with Crippen molar-refractivity contribution in [2.75, 3.05) is 0 Å². The molecule has 43 valence electrons. The summed E-state index contributed by atoms with van der Waals surface area (Å²) in [6.07, 6.45) is 0. The molecule has 7 heteroatoms. The van der Waals surface area contributed by atoms with Gasteiger partial charge in [0.25, 0.3) is 0 Å². The van der Waals surface area contributed by atoms with Gasteiger partial charge < -0.3 is 62.0 Å². The monoisotopic (exact) mass is 251 g/mol. The molecule has 0 amide bonds. The van der Waals surface area contributed by atoms with Crippen molar-refractivity contribution in [1.82, 2.24) is 0 Å². The molecule has 0 fully saturated rings. The summed E-state index contributed by atoms with van der Waals surface area (Å²) in [6.45, 7) is 0. The van der Waals surface area contributed by atoms with Crippen molar-refractivity contribution >= 4 is 23.1 Å². The Kier molecular flexibility index (Phi) is 981. The Morgan fingerprint density at radius 2 is 0.429 bits per heavy atom. The molecule has 0 aromatic rings. The van der Waals surface area contributed by atoms with Crippen LogP contribution in [-0.2, 0) is 17.4 Å². The molecule has 7 heavy (non-hydrogen) atoms. The predicted molar refractivity (Wildman–Crippen MR) is 5.75 cm³/mol. The van der Waals surface area contributed by atoms with Gasteiger partial charge in [0.2, 0.25) is 0 Å². The number of halogens is 5. The smallest absolute Gasteiger partial charge is 1.00 e. The maximum absolute atomic E-state index is 0. The third-order valence-corrected chi connectivity index (χ3v) is 0. The van der Waals surface area contributed by atoms with E-state index in [0.29, 0.717) is 0 Å². The Labute approximate surface area is 101 Å². The van der Waals surface area contributed by atoms with E-state index in [2.05, 4.69) is 0 Å². The minimum absolute atomic E-state index is 0. The minimum Gasteiger partial charge on any atom is -1.00 e. The van der Waals surface area contributed by atoms with Gasteiger partial charge in [0.05, 0.1) is 0 Å². The van der Waals surface area contributed by atoms with Crippen molar-refractivity contribution in [3.8, 4) is 0 Å². The van der Waals surface area contributed by atoms with Crippen LogP contribution in [0.5, 0.6) is 0 Å². The molecule has 0 heterocycles. The van der Waals surface area contributed by atoms with Crippen LogP contribution in [0, 0.1) is 0 Å². The molecule has 0 saturated heterocycles. The Morgan fingerprint density at radius 3 is 0.429 bits per heavy atom. The van der Waals surface area contributed by atoms with E-state index in [9.17, 15) is 0 Å². The average Bonchev–Trinajstić information content (AvgIpc) is 0. The summed E-state index contributed by atoms with van der Waals surface area (Å²) in [7, 11) is 0.